The average Bonchev–Trinajstić information content (AvgIpc) is 2.75. The molecule has 0 saturated carbocycles. The molecule has 2 N–H and O–H groups in total. The van der Waals surface area contributed by atoms with Gasteiger partial charge in [0.15, 0.2) is 5.76 Å². The van der Waals surface area contributed by atoms with Crippen molar-refractivity contribution in [2.45, 2.75) is 6.92 Å². The fourth-order valence-corrected chi connectivity index (χ4v) is 1.47. The lowest BCUT2D eigenvalue weighted by atomic mass is 10.1. The summed E-state index contributed by atoms with van der Waals surface area (Å²) >= 11 is 0. The van der Waals surface area contributed by atoms with Gasteiger partial charge in [-0.15, -0.1) is 0 Å². The predicted molar refractivity (Wildman–Crippen MR) is 66.3 cm³/mol. The van der Waals surface area contributed by atoms with Crippen LogP contribution in [0.2, 0.25) is 0 Å². The zero-order valence-corrected chi connectivity index (χ0v) is 9.81. The summed E-state index contributed by atoms with van der Waals surface area (Å²) in [6.07, 6.45) is 1.75. The van der Waals surface area contributed by atoms with Crippen LogP contribution in [0.15, 0.2) is 34.9 Å². The van der Waals surface area contributed by atoms with Crippen molar-refractivity contribution in [3.8, 4) is 5.75 Å². The van der Waals surface area contributed by atoms with Crippen LogP contribution in [0.3, 0.4) is 0 Å². The van der Waals surface area contributed by atoms with Crippen molar-refractivity contribution in [1.29, 1.82) is 0 Å². The Balaban J connectivity index is 2.23. The molecular weight excluding hydrogens is 216 g/mol. The van der Waals surface area contributed by atoms with Gasteiger partial charge >= 0.3 is 0 Å². The van der Waals surface area contributed by atoms with E-state index in [9.17, 15) is 0 Å². The van der Waals surface area contributed by atoms with Crippen molar-refractivity contribution in [1.82, 2.24) is 5.16 Å². The van der Waals surface area contributed by atoms with Gasteiger partial charge in [-0.3, -0.25) is 0 Å². The summed E-state index contributed by atoms with van der Waals surface area (Å²) in [5.74, 6) is 1.45. The van der Waals surface area contributed by atoms with Gasteiger partial charge in [-0.1, -0.05) is 5.16 Å². The smallest absolute Gasteiger partial charge is 0.161 e. The molecule has 0 atom stereocenters. The van der Waals surface area contributed by atoms with Gasteiger partial charge in [0, 0.05) is 17.8 Å². The summed E-state index contributed by atoms with van der Waals surface area (Å²) in [6.45, 7) is 1.87. The third-order valence-electron chi connectivity index (χ3n) is 2.37. The topological polar surface area (TPSA) is 61.3 Å². The molecule has 1 aromatic carbocycles. The van der Waals surface area contributed by atoms with Crippen LogP contribution < -0.4 is 10.5 Å². The van der Waals surface area contributed by atoms with Crippen LogP contribution in [-0.4, -0.2) is 12.3 Å². The largest absolute Gasteiger partial charge is 0.497 e. The van der Waals surface area contributed by atoms with Crippen LogP contribution in [0.5, 0.6) is 5.75 Å². The monoisotopic (exact) mass is 230 g/mol. The van der Waals surface area contributed by atoms with Crippen LogP contribution in [0, 0.1) is 6.92 Å². The van der Waals surface area contributed by atoms with E-state index >= 15 is 0 Å². The van der Waals surface area contributed by atoms with Crippen LogP contribution in [0.25, 0.3) is 11.8 Å². The molecular formula is C13H14N2O2. The Morgan fingerprint density at radius 1 is 1.35 bits per heavy atom. The van der Waals surface area contributed by atoms with E-state index in [0.717, 1.165) is 17.0 Å². The van der Waals surface area contributed by atoms with Crippen LogP contribution in [-0.2, 0) is 0 Å². The zero-order chi connectivity index (χ0) is 12.3. The number of aromatic nitrogens is 1. The number of nitrogens with zero attached hydrogens (tertiary/aromatic N) is 1. The Morgan fingerprint density at radius 3 is 2.59 bits per heavy atom. The maximum Gasteiger partial charge on any atom is 0.161 e. The minimum atomic E-state index is 0.629. The van der Waals surface area contributed by atoms with E-state index < -0.39 is 0 Å². The van der Waals surface area contributed by atoms with Crippen molar-refractivity contribution in [2.24, 2.45) is 5.73 Å². The summed E-state index contributed by atoms with van der Waals surface area (Å²) in [7, 11) is 1.63. The van der Waals surface area contributed by atoms with Crippen molar-refractivity contribution in [3.63, 3.8) is 0 Å². The van der Waals surface area contributed by atoms with Crippen LogP contribution in [0.4, 0.5) is 0 Å². The Kier molecular flexibility index (Phi) is 3.14. The highest BCUT2D eigenvalue weighted by molar-refractivity contribution is 5.78. The number of methoxy groups -OCH3 is 1. The Hall–Kier alpha value is -2.23. The third-order valence-corrected chi connectivity index (χ3v) is 2.37. The van der Waals surface area contributed by atoms with Gasteiger partial charge in [0.2, 0.25) is 0 Å². The molecule has 0 bridgehead atoms. The Labute approximate surface area is 99.7 Å². The van der Waals surface area contributed by atoms with Gasteiger partial charge in [0.25, 0.3) is 0 Å². The Bertz CT molecular complexity index is 527. The molecule has 0 aliphatic heterocycles. The summed E-state index contributed by atoms with van der Waals surface area (Å²) in [6, 6.07) is 9.35. The number of aryl methyl sites for hydroxylation is 1. The van der Waals surface area contributed by atoms with E-state index in [1.165, 1.54) is 0 Å². The SMILES string of the molecule is COc1ccc(/C(N)=C/c2cc(C)no2)cc1. The molecule has 4 heteroatoms. The number of hydrogen-bond acceptors (Lipinski definition) is 4. The maximum atomic E-state index is 5.96. The second-order valence-corrected chi connectivity index (χ2v) is 3.70. The first-order valence-electron chi connectivity index (χ1n) is 5.24. The Morgan fingerprint density at radius 2 is 2.06 bits per heavy atom. The van der Waals surface area contributed by atoms with Gasteiger partial charge in [-0.05, 0) is 36.8 Å². The molecule has 0 spiro atoms. The molecule has 0 aliphatic carbocycles. The molecule has 88 valence electrons. The number of nitrogens with two attached hydrogens (primary N) is 1. The lowest BCUT2D eigenvalue weighted by molar-refractivity contribution is 0.408. The first kappa shape index (κ1) is 11.3. The summed E-state index contributed by atoms with van der Waals surface area (Å²) in [5.41, 5.74) is 8.34. The predicted octanol–water partition coefficient (Wildman–Crippen LogP) is 2.45. The van der Waals surface area contributed by atoms with Gasteiger partial charge in [-0.25, -0.2) is 0 Å². The fraction of sp³-hybridized carbons (Fsp3) is 0.154. The van der Waals surface area contributed by atoms with E-state index in [1.807, 2.05) is 37.3 Å². The first-order chi connectivity index (χ1) is 8.19. The lowest BCUT2D eigenvalue weighted by Gasteiger charge is -2.02. The fourth-order valence-electron chi connectivity index (χ4n) is 1.47. The maximum absolute atomic E-state index is 5.96. The van der Waals surface area contributed by atoms with E-state index in [0.29, 0.717) is 11.5 Å². The number of rotatable bonds is 3. The molecule has 0 amide bonds. The molecule has 0 aliphatic rings. The van der Waals surface area contributed by atoms with Gasteiger partial charge < -0.3 is 15.0 Å². The second-order valence-electron chi connectivity index (χ2n) is 3.70. The molecule has 0 unspecified atom stereocenters. The standard InChI is InChI=1S/C13H14N2O2/c1-9-7-12(17-15-9)8-13(14)10-3-5-11(16-2)6-4-10/h3-8H,14H2,1-2H3/b13-8-. The molecule has 4 nitrogen and oxygen atoms in total. The molecule has 17 heavy (non-hydrogen) atoms. The zero-order valence-electron chi connectivity index (χ0n) is 9.81. The number of benzene rings is 1. The van der Waals surface area contributed by atoms with E-state index in [4.69, 9.17) is 15.0 Å². The minimum Gasteiger partial charge on any atom is -0.497 e. The van der Waals surface area contributed by atoms with Crippen molar-refractivity contribution in [3.05, 3.63) is 47.3 Å². The van der Waals surface area contributed by atoms with Crippen molar-refractivity contribution >= 4 is 11.8 Å². The highest BCUT2D eigenvalue weighted by Crippen LogP contribution is 2.17. The highest BCUT2D eigenvalue weighted by Gasteiger charge is 2.01. The summed E-state index contributed by atoms with van der Waals surface area (Å²) < 4.78 is 10.2. The van der Waals surface area contributed by atoms with Crippen molar-refractivity contribution in [2.75, 3.05) is 7.11 Å². The highest BCUT2D eigenvalue weighted by atomic mass is 16.5. The molecule has 0 saturated heterocycles. The molecule has 0 radical (unpaired) electrons. The molecule has 0 fully saturated rings. The van der Waals surface area contributed by atoms with E-state index in [2.05, 4.69) is 5.16 Å². The van der Waals surface area contributed by atoms with Gasteiger partial charge in [0.05, 0.1) is 12.8 Å². The molecule has 1 heterocycles. The molecule has 2 aromatic rings. The number of hydrogen-bond donors (Lipinski definition) is 1. The minimum absolute atomic E-state index is 0.629. The molecule has 2 rings (SSSR count). The normalized spacial score (nSPS) is 11.5. The van der Waals surface area contributed by atoms with Gasteiger partial charge in [0.1, 0.15) is 5.75 Å². The van der Waals surface area contributed by atoms with Gasteiger partial charge in [-0.2, -0.15) is 0 Å². The first-order valence-corrected chi connectivity index (χ1v) is 5.24. The number of ether oxygens (including phenoxy) is 1. The van der Waals surface area contributed by atoms with Crippen molar-refractivity contribution < 1.29 is 9.26 Å². The van der Waals surface area contributed by atoms with E-state index in [-0.39, 0.29) is 0 Å². The molecule has 1 aromatic heterocycles. The van der Waals surface area contributed by atoms with E-state index in [1.54, 1.807) is 13.2 Å². The summed E-state index contributed by atoms with van der Waals surface area (Å²) in [4.78, 5) is 0. The lowest BCUT2D eigenvalue weighted by Crippen LogP contribution is -1.95. The van der Waals surface area contributed by atoms with Crippen LogP contribution >= 0.6 is 0 Å². The second kappa shape index (κ2) is 4.74. The quantitative estimate of drug-likeness (QED) is 0.879. The van der Waals surface area contributed by atoms with Crippen LogP contribution in [0.1, 0.15) is 17.0 Å². The summed E-state index contributed by atoms with van der Waals surface area (Å²) in [5, 5.41) is 3.80. The third kappa shape index (κ3) is 2.66. The average molecular weight is 230 g/mol.